The van der Waals surface area contributed by atoms with Crippen LogP contribution in [0.15, 0.2) is 39.4 Å². The molecule has 3 aromatic rings. The van der Waals surface area contributed by atoms with E-state index >= 15 is 0 Å². The average Bonchev–Trinajstić information content (AvgIpc) is 3.34. The maximum Gasteiger partial charge on any atom is 0.216 e. The van der Waals surface area contributed by atoms with Crippen LogP contribution in [0.3, 0.4) is 0 Å². The summed E-state index contributed by atoms with van der Waals surface area (Å²) in [6.07, 6.45) is 5.73. The molecule has 0 amide bonds. The molecule has 1 unspecified atom stereocenters. The van der Waals surface area contributed by atoms with Crippen LogP contribution in [0.2, 0.25) is 0 Å². The molecule has 4 rings (SSSR count). The number of fused-ring (bicyclic) bond motifs is 1. The molecule has 0 radical (unpaired) electrons. The van der Waals surface area contributed by atoms with Crippen molar-refractivity contribution < 1.29 is 13.5 Å². The summed E-state index contributed by atoms with van der Waals surface area (Å²) < 4.78 is 29.0. The lowest BCUT2D eigenvalue weighted by atomic mass is 9.88. The molecule has 1 saturated carbocycles. The van der Waals surface area contributed by atoms with Gasteiger partial charge in [0.25, 0.3) is 0 Å². The van der Waals surface area contributed by atoms with E-state index in [2.05, 4.69) is 25.3 Å². The first-order valence-corrected chi connectivity index (χ1v) is 13.4. The second-order valence-corrected chi connectivity index (χ2v) is 13.1. The number of aromatic nitrogens is 2. The van der Waals surface area contributed by atoms with Gasteiger partial charge in [0.2, 0.25) is 9.84 Å². The Morgan fingerprint density at radius 1 is 1.16 bits per heavy atom. The molecule has 1 atom stereocenters. The number of imidazole rings is 1. The molecule has 168 valence electrons. The topological polar surface area (TPSA) is 72.2 Å². The fourth-order valence-electron chi connectivity index (χ4n) is 4.48. The fraction of sp³-hybridized carbons (Fsp3) is 0.542. The van der Waals surface area contributed by atoms with Crippen molar-refractivity contribution in [3.63, 3.8) is 0 Å². The first kappa shape index (κ1) is 22.5. The zero-order valence-electron chi connectivity index (χ0n) is 18.8. The number of nitrogens with zero attached hydrogens (tertiary/aromatic N) is 2. The van der Waals surface area contributed by atoms with Gasteiger partial charge in [-0.25, -0.2) is 13.4 Å². The lowest BCUT2D eigenvalue weighted by Crippen LogP contribution is -2.22. The van der Waals surface area contributed by atoms with Gasteiger partial charge in [-0.2, -0.15) is 0 Å². The van der Waals surface area contributed by atoms with E-state index in [0.29, 0.717) is 10.8 Å². The van der Waals surface area contributed by atoms with Gasteiger partial charge in [0.05, 0.1) is 22.0 Å². The van der Waals surface area contributed by atoms with Gasteiger partial charge in [-0.05, 0) is 56.0 Å². The third-order valence-corrected chi connectivity index (χ3v) is 9.64. The largest absolute Gasteiger partial charge is 0.388 e. The van der Waals surface area contributed by atoms with Crippen molar-refractivity contribution in [3.05, 3.63) is 41.0 Å². The standard InChI is InChI=1S/C24H32N2O3S2/c1-16(27)21-12-13-22(30-21)31(28,29)18-10-11-20-19(14-18)25-23(24(2,3)4)26(20)15-17-8-6-5-7-9-17/h10-14,16-17,27H,5-9,15H2,1-4H3. The zero-order valence-corrected chi connectivity index (χ0v) is 20.4. The first-order valence-electron chi connectivity index (χ1n) is 11.1. The molecule has 0 aliphatic heterocycles. The molecule has 0 bridgehead atoms. The maximum atomic E-state index is 13.2. The van der Waals surface area contributed by atoms with Gasteiger partial charge in [0, 0.05) is 16.8 Å². The number of sulfone groups is 1. The number of hydrogen-bond donors (Lipinski definition) is 1. The SMILES string of the molecule is CC(O)c1ccc(S(=O)(=O)c2ccc3c(c2)nc(C(C)(C)C)n3CC2CCCCC2)s1. The second-order valence-electron chi connectivity index (χ2n) is 9.79. The molecule has 1 N–H and O–H groups in total. The Labute approximate surface area is 189 Å². The monoisotopic (exact) mass is 460 g/mol. The Kier molecular flexibility index (Phi) is 6.05. The molecule has 0 saturated heterocycles. The van der Waals surface area contributed by atoms with Crippen LogP contribution in [0.25, 0.3) is 11.0 Å². The van der Waals surface area contributed by atoms with E-state index in [1.165, 1.54) is 32.1 Å². The molecule has 2 heterocycles. The van der Waals surface area contributed by atoms with Crippen LogP contribution in [-0.2, 0) is 21.8 Å². The molecule has 2 aromatic heterocycles. The molecular weight excluding hydrogens is 428 g/mol. The van der Waals surface area contributed by atoms with Crippen LogP contribution in [-0.4, -0.2) is 23.1 Å². The van der Waals surface area contributed by atoms with E-state index in [4.69, 9.17) is 4.98 Å². The van der Waals surface area contributed by atoms with E-state index in [-0.39, 0.29) is 14.5 Å². The minimum atomic E-state index is -3.65. The summed E-state index contributed by atoms with van der Waals surface area (Å²) in [6.45, 7) is 9.06. The molecule has 7 heteroatoms. The minimum absolute atomic E-state index is 0.132. The molecule has 1 fully saturated rings. The van der Waals surface area contributed by atoms with Crippen molar-refractivity contribution in [2.24, 2.45) is 5.92 Å². The highest BCUT2D eigenvalue weighted by atomic mass is 32.2. The first-order chi connectivity index (χ1) is 14.6. The summed E-state index contributed by atoms with van der Waals surface area (Å²) in [5, 5.41) is 9.76. The molecule has 1 aromatic carbocycles. The van der Waals surface area contributed by atoms with Crippen LogP contribution in [0.1, 0.15) is 76.6 Å². The Morgan fingerprint density at radius 2 is 1.87 bits per heavy atom. The van der Waals surface area contributed by atoms with Gasteiger partial charge in [-0.3, -0.25) is 0 Å². The number of rotatable bonds is 5. The highest BCUT2D eigenvalue weighted by Gasteiger charge is 2.27. The highest BCUT2D eigenvalue weighted by Crippen LogP contribution is 2.35. The van der Waals surface area contributed by atoms with E-state index in [0.717, 1.165) is 34.7 Å². The van der Waals surface area contributed by atoms with Gasteiger partial charge < -0.3 is 9.67 Å². The van der Waals surface area contributed by atoms with Crippen molar-refractivity contribution in [1.29, 1.82) is 0 Å². The van der Waals surface area contributed by atoms with E-state index in [1.807, 2.05) is 6.07 Å². The summed E-state index contributed by atoms with van der Waals surface area (Å²) in [7, 11) is -3.65. The number of benzene rings is 1. The third-order valence-electron chi connectivity index (χ3n) is 6.15. The number of aliphatic hydroxyl groups excluding tert-OH is 1. The normalized spacial score (nSPS) is 17.3. The van der Waals surface area contributed by atoms with E-state index < -0.39 is 15.9 Å². The summed E-state index contributed by atoms with van der Waals surface area (Å²) in [4.78, 5) is 5.81. The second kappa shape index (κ2) is 8.34. The maximum absolute atomic E-state index is 13.2. The van der Waals surface area contributed by atoms with Gasteiger partial charge in [-0.1, -0.05) is 40.0 Å². The number of hydrogen-bond acceptors (Lipinski definition) is 5. The number of aliphatic hydroxyl groups is 1. The summed E-state index contributed by atoms with van der Waals surface area (Å²) in [5.74, 6) is 1.66. The predicted octanol–water partition coefficient (Wildman–Crippen LogP) is 5.86. The minimum Gasteiger partial charge on any atom is -0.388 e. The van der Waals surface area contributed by atoms with Crippen LogP contribution in [0.5, 0.6) is 0 Å². The Balaban J connectivity index is 1.76. The van der Waals surface area contributed by atoms with Crippen molar-refractivity contribution in [1.82, 2.24) is 9.55 Å². The van der Waals surface area contributed by atoms with E-state index in [1.54, 1.807) is 31.2 Å². The lowest BCUT2D eigenvalue weighted by molar-refractivity contribution is 0.203. The molecule has 1 aliphatic rings. The van der Waals surface area contributed by atoms with Crippen molar-refractivity contribution >= 4 is 32.2 Å². The summed E-state index contributed by atoms with van der Waals surface area (Å²) in [6, 6.07) is 8.58. The Hall–Kier alpha value is -1.70. The van der Waals surface area contributed by atoms with Crippen LogP contribution in [0.4, 0.5) is 0 Å². The third kappa shape index (κ3) is 4.45. The van der Waals surface area contributed by atoms with Crippen molar-refractivity contribution in [3.8, 4) is 0 Å². The molecule has 31 heavy (non-hydrogen) atoms. The zero-order chi connectivity index (χ0) is 22.4. The molecule has 5 nitrogen and oxygen atoms in total. The molecule has 0 spiro atoms. The van der Waals surface area contributed by atoms with Gasteiger partial charge >= 0.3 is 0 Å². The summed E-state index contributed by atoms with van der Waals surface area (Å²) in [5.41, 5.74) is 1.60. The van der Waals surface area contributed by atoms with Crippen LogP contribution in [0, 0.1) is 5.92 Å². The molecule has 1 aliphatic carbocycles. The molecular formula is C24H32N2O3S2. The number of thiophene rings is 1. The summed E-state index contributed by atoms with van der Waals surface area (Å²) >= 11 is 1.12. The smallest absolute Gasteiger partial charge is 0.216 e. The highest BCUT2D eigenvalue weighted by molar-refractivity contribution is 7.93. The quantitative estimate of drug-likeness (QED) is 0.517. The Morgan fingerprint density at radius 3 is 2.48 bits per heavy atom. The Bertz CT molecular complexity index is 1180. The average molecular weight is 461 g/mol. The lowest BCUT2D eigenvalue weighted by Gasteiger charge is -2.26. The van der Waals surface area contributed by atoms with Crippen LogP contribution >= 0.6 is 11.3 Å². The fourth-order valence-corrected chi connectivity index (χ4v) is 7.17. The van der Waals surface area contributed by atoms with Crippen molar-refractivity contribution in [2.45, 2.75) is 87.0 Å². The predicted molar refractivity (Wildman–Crippen MR) is 125 cm³/mol. The van der Waals surface area contributed by atoms with E-state index in [9.17, 15) is 13.5 Å². The van der Waals surface area contributed by atoms with Crippen LogP contribution < -0.4 is 0 Å². The van der Waals surface area contributed by atoms with Gasteiger partial charge in [-0.15, -0.1) is 11.3 Å². The van der Waals surface area contributed by atoms with Gasteiger partial charge in [0.15, 0.2) is 0 Å². The van der Waals surface area contributed by atoms with Crippen molar-refractivity contribution in [2.75, 3.05) is 0 Å². The van der Waals surface area contributed by atoms with Gasteiger partial charge in [0.1, 0.15) is 10.0 Å².